The van der Waals surface area contributed by atoms with Crippen molar-refractivity contribution in [1.82, 2.24) is 19.5 Å². The summed E-state index contributed by atoms with van der Waals surface area (Å²) in [7, 11) is 1.88. The third-order valence-electron chi connectivity index (χ3n) is 4.12. The lowest BCUT2D eigenvalue weighted by atomic mass is 10.2. The van der Waals surface area contributed by atoms with Gasteiger partial charge in [-0.05, 0) is 43.2 Å². The van der Waals surface area contributed by atoms with E-state index >= 15 is 0 Å². The van der Waals surface area contributed by atoms with Crippen molar-refractivity contribution in [3.8, 4) is 11.4 Å². The number of nitrogens with one attached hydrogen (secondary N) is 1. The molecule has 3 aromatic heterocycles. The summed E-state index contributed by atoms with van der Waals surface area (Å²) in [5.41, 5.74) is 1.47. The maximum Gasteiger partial charge on any atom is 0.256 e. The third-order valence-corrected chi connectivity index (χ3v) is 4.12. The molecule has 0 atom stereocenters. The first kappa shape index (κ1) is 12.7. The number of hydrogen-bond donors (Lipinski definition) is 1. The zero-order valence-electron chi connectivity index (χ0n) is 18.5. The van der Waals surface area contributed by atoms with E-state index in [9.17, 15) is 9.18 Å². The fourth-order valence-corrected chi connectivity index (χ4v) is 2.56. The van der Waals surface area contributed by atoms with Gasteiger partial charge in [-0.2, -0.15) is 0 Å². The molecule has 6 nitrogen and oxygen atoms in total. The summed E-state index contributed by atoms with van der Waals surface area (Å²) in [4.78, 5) is 25.6. The Labute approximate surface area is 160 Å². The van der Waals surface area contributed by atoms with Crippen LogP contribution >= 0.6 is 0 Å². The number of anilines is 1. The van der Waals surface area contributed by atoms with E-state index < -0.39 is 41.5 Å². The molecule has 7 heteroatoms. The van der Waals surface area contributed by atoms with E-state index in [1.807, 2.05) is 30.7 Å². The van der Waals surface area contributed by atoms with Gasteiger partial charge < -0.3 is 9.88 Å². The van der Waals surface area contributed by atoms with Gasteiger partial charge in [-0.15, -0.1) is 0 Å². The van der Waals surface area contributed by atoms with Crippen LogP contribution < -0.4 is 5.32 Å². The Morgan fingerprint density at radius 2 is 1.96 bits per heavy atom. The van der Waals surface area contributed by atoms with Crippen LogP contribution in [0, 0.1) is 12.7 Å². The average molecular weight is 365 g/mol. The Balaban J connectivity index is 1.71. The Morgan fingerprint density at radius 1 is 1.19 bits per heavy atom. The molecule has 3 heterocycles. The number of aromatic nitrogens is 4. The summed E-state index contributed by atoms with van der Waals surface area (Å²) >= 11 is 0. The van der Waals surface area contributed by atoms with Crippen LogP contribution in [0.15, 0.2) is 54.8 Å². The fraction of sp³-hybridized carbons (Fsp3) is 0.100. The number of amides is 1. The molecule has 0 saturated carbocycles. The van der Waals surface area contributed by atoms with Crippen molar-refractivity contribution in [3.63, 3.8) is 0 Å². The number of carbonyl (C=O) groups is 1. The molecule has 134 valence electrons. The summed E-state index contributed by atoms with van der Waals surface area (Å²) in [5, 5.41) is 3.17. The first-order valence-electron chi connectivity index (χ1n) is 10.0. The standard InChI is InChI=1S/C20H16FN5O/c1-12-22-11-18(26(12)2)16-8-5-14-10-23-19(9-17(14)24-16)25-20(27)13-3-6-15(21)7-4-13/h3-11H,1-2H3,(H,23,25,27)/i3D,4D,6D,7D. The summed E-state index contributed by atoms with van der Waals surface area (Å²) in [6.45, 7) is 1.88. The average Bonchev–Trinajstić information content (AvgIpc) is 3.09. The molecule has 1 aromatic carbocycles. The summed E-state index contributed by atoms with van der Waals surface area (Å²) in [6.07, 6.45) is 3.22. The van der Waals surface area contributed by atoms with Crippen LogP contribution in [0.5, 0.6) is 0 Å². The highest BCUT2D eigenvalue weighted by molar-refractivity contribution is 6.04. The van der Waals surface area contributed by atoms with Crippen molar-refractivity contribution in [2.45, 2.75) is 6.92 Å². The molecule has 27 heavy (non-hydrogen) atoms. The first-order valence-corrected chi connectivity index (χ1v) is 8.01. The third kappa shape index (κ3) is 3.27. The van der Waals surface area contributed by atoms with Crippen LogP contribution in [0.3, 0.4) is 0 Å². The number of aryl methyl sites for hydroxylation is 1. The number of benzene rings is 1. The molecule has 0 radical (unpaired) electrons. The summed E-state index contributed by atoms with van der Waals surface area (Å²) in [6, 6.07) is 1.86. The number of hydrogen-bond acceptors (Lipinski definition) is 4. The number of carbonyl (C=O) groups excluding carboxylic acids is 1. The van der Waals surface area contributed by atoms with Crippen LogP contribution in [0.25, 0.3) is 22.3 Å². The summed E-state index contributed by atoms with van der Waals surface area (Å²) in [5.74, 6) is -1.30. The number of halogens is 1. The lowest BCUT2D eigenvalue weighted by Gasteiger charge is -2.07. The number of nitrogens with zero attached hydrogens (tertiary/aromatic N) is 4. The van der Waals surface area contributed by atoms with Gasteiger partial charge in [-0.1, -0.05) is 0 Å². The highest BCUT2D eigenvalue weighted by Crippen LogP contribution is 2.22. The van der Waals surface area contributed by atoms with Crippen LogP contribution in [-0.4, -0.2) is 25.4 Å². The SMILES string of the molecule is [2H]c1c([2H])c(C(=O)Nc2cc3nc(-c4cnc(C)n4C)ccc3cn2)c([2H])c([2H])c1F. The molecule has 4 rings (SSSR count). The smallest absolute Gasteiger partial charge is 0.256 e. The van der Waals surface area contributed by atoms with Crippen molar-refractivity contribution < 1.29 is 14.7 Å². The monoisotopic (exact) mass is 365 g/mol. The topological polar surface area (TPSA) is 72.7 Å². The van der Waals surface area contributed by atoms with E-state index in [1.54, 1.807) is 6.20 Å². The van der Waals surface area contributed by atoms with Crippen LogP contribution in [0.2, 0.25) is 0 Å². The molecular formula is C20H16FN5O. The van der Waals surface area contributed by atoms with Gasteiger partial charge in [-0.25, -0.2) is 19.3 Å². The zero-order valence-corrected chi connectivity index (χ0v) is 14.5. The number of imidazole rings is 1. The molecule has 0 fully saturated rings. The molecular weight excluding hydrogens is 345 g/mol. The molecule has 0 aliphatic heterocycles. The number of fused-ring (bicyclic) bond motifs is 1. The highest BCUT2D eigenvalue weighted by Gasteiger charge is 2.10. The van der Waals surface area contributed by atoms with E-state index in [0.29, 0.717) is 11.2 Å². The minimum Gasteiger partial charge on any atom is -0.330 e. The molecule has 0 bridgehead atoms. The molecule has 4 aromatic rings. The van der Waals surface area contributed by atoms with Gasteiger partial charge in [0, 0.05) is 30.3 Å². The van der Waals surface area contributed by atoms with E-state index in [-0.39, 0.29) is 5.82 Å². The van der Waals surface area contributed by atoms with Crippen molar-refractivity contribution in [3.05, 3.63) is 72.0 Å². The highest BCUT2D eigenvalue weighted by atomic mass is 19.1. The molecule has 0 aliphatic rings. The fourth-order valence-electron chi connectivity index (χ4n) is 2.56. The van der Waals surface area contributed by atoms with Gasteiger partial charge in [0.2, 0.25) is 0 Å². The minimum atomic E-state index is -1.31. The maximum atomic E-state index is 13.7. The van der Waals surface area contributed by atoms with Crippen LogP contribution in [0.4, 0.5) is 10.2 Å². The van der Waals surface area contributed by atoms with Gasteiger partial charge >= 0.3 is 0 Å². The minimum absolute atomic E-state index is 0.101. The molecule has 0 unspecified atom stereocenters. The molecule has 0 aliphatic carbocycles. The predicted molar refractivity (Wildman–Crippen MR) is 101 cm³/mol. The second-order valence-corrected chi connectivity index (χ2v) is 5.85. The van der Waals surface area contributed by atoms with Gasteiger partial charge in [0.25, 0.3) is 5.91 Å². The van der Waals surface area contributed by atoms with Gasteiger partial charge in [0.15, 0.2) is 0 Å². The van der Waals surface area contributed by atoms with E-state index in [2.05, 4.69) is 20.3 Å². The second kappa shape index (κ2) is 6.60. The Kier molecular flexibility index (Phi) is 3.10. The van der Waals surface area contributed by atoms with E-state index in [1.165, 1.54) is 12.3 Å². The van der Waals surface area contributed by atoms with Crippen LogP contribution in [0.1, 0.15) is 21.7 Å². The number of rotatable bonds is 3. The van der Waals surface area contributed by atoms with Gasteiger partial charge in [-0.3, -0.25) is 4.79 Å². The molecule has 0 saturated heterocycles. The zero-order chi connectivity index (χ0) is 22.4. The maximum absolute atomic E-state index is 13.7. The Bertz CT molecular complexity index is 1340. The lowest BCUT2D eigenvalue weighted by molar-refractivity contribution is 0.102. The quantitative estimate of drug-likeness (QED) is 0.600. The second-order valence-electron chi connectivity index (χ2n) is 5.85. The van der Waals surface area contributed by atoms with Gasteiger partial charge in [0.1, 0.15) is 17.5 Å². The van der Waals surface area contributed by atoms with Crippen molar-refractivity contribution in [2.24, 2.45) is 7.05 Å². The first-order chi connectivity index (χ1) is 14.7. The Morgan fingerprint density at radius 3 is 2.67 bits per heavy atom. The normalized spacial score (nSPS) is 13.0. The van der Waals surface area contributed by atoms with Crippen LogP contribution in [-0.2, 0) is 7.05 Å². The predicted octanol–water partition coefficient (Wildman–Crippen LogP) is 3.73. The summed E-state index contributed by atoms with van der Waals surface area (Å²) < 4.78 is 46.4. The number of pyridine rings is 2. The Hall–Kier alpha value is -3.61. The molecule has 1 amide bonds. The molecule has 1 N–H and O–H groups in total. The molecule has 0 spiro atoms. The van der Waals surface area contributed by atoms with E-state index in [0.717, 1.165) is 16.9 Å². The lowest BCUT2D eigenvalue weighted by Crippen LogP contribution is -2.12. The van der Waals surface area contributed by atoms with E-state index in [4.69, 9.17) is 5.48 Å². The van der Waals surface area contributed by atoms with Crippen molar-refractivity contribution >= 4 is 22.6 Å². The van der Waals surface area contributed by atoms with Gasteiger partial charge in [0.05, 0.1) is 28.6 Å². The van der Waals surface area contributed by atoms with Crippen molar-refractivity contribution in [2.75, 3.05) is 5.32 Å². The van der Waals surface area contributed by atoms with Crippen molar-refractivity contribution in [1.29, 1.82) is 0 Å². The largest absolute Gasteiger partial charge is 0.330 e.